The van der Waals surface area contributed by atoms with Gasteiger partial charge in [0.05, 0.1) is 22.5 Å². The van der Waals surface area contributed by atoms with Crippen molar-refractivity contribution in [2.75, 3.05) is 0 Å². The predicted octanol–water partition coefficient (Wildman–Crippen LogP) is 3.25. The van der Waals surface area contributed by atoms with Gasteiger partial charge in [0.25, 0.3) is 0 Å². The molecule has 0 aliphatic rings. The SMILES string of the molecule is CC(NS(=O)(=O)c1ccccc1C(F)(F)F)C(=O)NC(C)c1ccccc1. The number of halogens is 3. The lowest BCUT2D eigenvalue weighted by Crippen LogP contribution is -2.45. The minimum absolute atomic E-state index is 0.395. The van der Waals surface area contributed by atoms with E-state index in [1.54, 1.807) is 31.2 Å². The third kappa shape index (κ3) is 5.30. The van der Waals surface area contributed by atoms with Crippen LogP contribution in [0.2, 0.25) is 0 Å². The van der Waals surface area contributed by atoms with Gasteiger partial charge in [-0.3, -0.25) is 4.79 Å². The number of amides is 1. The van der Waals surface area contributed by atoms with Crippen molar-refractivity contribution in [2.24, 2.45) is 0 Å². The van der Waals surface area contributed by atoms with Gasteiger partial charge in [-0.2, -0.15) is 17.9 Å². The van der Waals surface area contributed by atoms with Crippen LogP contribution in [-0.4, -0.2) is 20.4 Å². The zero-order chi connectivity index (χ0) is 20.2. The molecule has 0 fully saturated rings. The Morgan fingerprint density at radius 2 is 1.52 bits per heavy atom. The average Bonchev–Trinajstić information content (AvgIpc) is 2.61. The Morgan fingerprint density at radius 3 is 2.11 bits per heavy atom. The van der Waals surface area contributed by atoms with Gasteiger partial charge in [0.15, 0.2) is 0 Å². The van der Waals surface area contributed by atoms with Gasteiger partial charge in [0.1, 0.15) is 0 Å². The van der Waals surface area contributed by atoms with Crippen molar-refractivity contribution in [3.63, 3.8) is 0 Å². The van der Waals surface area contributed by atoms with Crippen molar-refractivity contribution in [1.29, 1.82) is 0 Å². The molecule has 146 valence electrons. The number of rotatable bonds is 6. The molecule has 0 heterocycles. The molecule has 2 N–H and O–H groups in total. The highest BCUT2D eigenvalue weighted by atomic mass is 32.2. The van der Waals surface area contributed by atoms with Gasteiger partial charge in [-0.05, 0) is 31.5 Å². The smallest absolute Gasteiger partial charge is 0.348 e. The van der Waals surface area contributed by atoms with Gasteiger partial charge in [0, 0.05) is 0 Å². The van der Waals surface area contributed by atoms with Crippen LogP contribution < -0.4 is 10.0 Å². The molecule has 2 unspecified atom stereocenters. The summed E-state index contributed by atoms with van der Waals surface area (Å²) in [7, 11) is -4.55. The largest absolute Gasteiger partial charge is 0.417 e. The number of nitrogens with one attached hydrogen (secondary N) is 2. The molecule has 0 spiro atoms. The van der Waals surface area contributed by atoms with E-state index in [0.29, 0.717) is 6.07 Å². The van der Waals surface area contributed by atoms with Crippen LogP contribution in [0, 0.1) is 0 Å². The molecule has 0 aliphatic heterocycles. The number of hydrogen-bond acceptors (Lipinski definition) is 3. The topological polar surface area (TPSA) is 75.3 Å². The maximum atomic E-state index is 13.1. The van der Waals surface area contributed by atoms with Crippen LogP contribution in [0.25, 0.3) is 0 Å². The monoisotopic (exact) mass is 400 g/mol. The number of hydrogen-bond donors (Lipinski definition) is 2. The van der Waals surface area contributed by atoms with E-state index in [0.717, 1.165) is 17.7 Å². The zero-order valence-electron chi connectivity index (χ0n) is 14.6. The minimum Gasteiger partial charge on any atom is -0.348 e. The molecule has 2 aromatic rings. The molecule has 9 heteroatoms. The second kappa shape index (κ2) is 8.10. The molecular weight excluding hydrogens is 381 g/mol. The fourth-order valence-corrected chi connectivity index (χ4v) is 3.88. The molecule has 27 heavy (non-hydrogen) atoms. The maximum absolute atomic E-state index is 13.1. The van der Waals surface area contributed by atoms with Gasteiger partial charge in [-0.25, -0.2) is 8.42 Å². The first-order valence-electron chi connectivity index (χ1n) is 8.06. The fraction of sp³-hybridized carbons (Fsp3) is 0.278. The Kier molecular flexibility index (Phi) is 6.27. The summed E-state index contributed by atoms with van der Waals surface area (Å²) >= 11 is 0. The highest BCUT2D eigenvalue weighted by Gasteiger charge is 2.37. The van der Waals surface area contributed by atoms with Gasteiger partial charge < -0.3 is 5.32 Å². The second-order valence-electron chi connectivity index (χ2n) is 5.98. The summed E-state index contributed by atoms with van der Waals surface area (Å²) in [6.45, 7) is 2.98. The minimum atomic E-state index is -4.83. The summed E-state index contributed by atoms with van der Waals surface area (Å²) in [5, 5.41) is 2.63. The van der Waals surface area contributed by atoms with Gasteiger partial charge in [-0.1, -0.05) is 42.5 Å². The standard InChI is InChI=1S/C18H19F3N2O3S/c1-12(14-8-4-3-5-9-14)22-17(24)13(2)23-27(25,26)16-11-7-6-10-15(16)18(19,20)21/h3-13,23H,1-2H3,(H,22,24). The quantitative estimate of drug-likeness (QED) is 0.782. The molecule has 0 radical (unpaired) electrons. The molecule has 0 saturated heterocycles. The molecule has 2 atom stereocenters. The summed E-state index contributed by atoms with van der Waals surface area (Å²) in [4.78, 5) is 11.3. The van der Waals surface area contributed by atoms with E-state index in [2.05, 4.69) is 5.32 Å². The first-order valence-corrected chi connectivity index (χ1v) is 9.54. The van der Waals surface area contributed by atoms with Crippen LogP contribution in [0.15, 0.2) is 59.5 Å². The van der Waals surface area contributed by atoms with Crippen molar-refractivity contribution in [1.82, 2.24) is 10.0 Å². The van der Waals surface area contributed by atoms with E-state index >= 15 is 0 Å². The third-order valence-electron chi connectivity index (χ3n) is 3.87. The molecule has 2 aromatic carbocycles. The summed E-state index contributed by atoms with van der Waals surface area (Å²) in [5.41, 5.74) is -0.480. The molecule has 1 amide bonds. The number of sulfonamides is 1. The highest BCUT2D eigenvalue weighted by molar-refractivity contribution is 7.89. The van der Waals surface area contributed by atoms with Crippen molar-refractivity contribution < 1.29 is 26.4 Å². The fourth-order valence-electron chi connectivity index (χ4n) is 2.45. The van der Waals surface area contributed by atoms with E-state index in [4.69, 9.17) is 0 Å². The number of benzene rings is 2. The second-order valence-corrected chi connectivity index (χ2v) is 7.66. The molecule has 5 nitrogen and oxygen atoms in total. The van der Waals surface area contributed by atoms with Crippen molar-refractivity contribution >= 4 is 15.9 Å². The lowest BCUT2D eigenvalue weighted by Gasteiger charge is -2.20. The van der Waals surface area contributed by atoms with E-state index in [9.17, 15) is 26.4 Å². The first-order chi connectivity index (χ1) is 12.5. The Morgan fingerprint density at radius 1 is 0.963 bits per heavy atom. The molecule has 0 bridgehead atoms. The molecule has 0 aromatic heterocycles. The Balaban J connectivity index is 2.15. The predicted molar refractivity (Wildman–Crippen MR) is 94.2 cm³/mol. The van der Waals surface area contributed by atoms with E-state index < -0.39 is 44.6 Å². The molecule has 0 saturated carbocycles. The summed E-state index contributed by atoms with van der Waals surface area (Å²) in [5.74, 6) is -0.653. The van der Waals surface area contributed by atoms with Crippen molar-refractivity contribution in [3.05, 3.63) is 65.7 Å². The van der Waals surface area contributed by atoms with Crippen LogP contribution in [0.4, 0.5) is 13.2 Å². The maximum Gasteiger partial charge on any atom is 0.417 e. The summed E-state index contributed by atoms with van der Waals surface area (Å²) < 4.78 is 65.9. The lowest BCUT2D eigenvalue weighted by atomic mass is 10.1. The molecule has 0 aliphatic carbocycles. The van der Waals surface area contributed by atoms with Crippen LogP contribution in [0.5, 0.6) is 0 Å². The molecule has 2 rings (SSSR count). The first kappa shape index (κ1) is 20.9. The highest BCUT2D eigenvalue weighted by Crippen LogP contribution is 2.33. The summed E-state index contributed by atoms with van der Waals surface area (Å²) in [6, 6.07) is 11.1. The normalized spacial score (nSPS) is 14.4. The van der Waals surface area contributed by atoms with Crippen LogP contribution in [0.3, 0.4) is 0 Å². The number of carbonyl (C=O) groups excluding carboxylic acids is 1. The lowest BCUT2D eigenvalue weighted by molar-refractivity contribution is -0.139. The Bertz CT molecular complexity index is 900. The Hall–Kier alpha value is -2.39. The van der Waals surface area contributed by atoms with Gasteiger partial charge in [0.2, 0.25) is 15.9 Å². The van der Waals surface area contributed by atoms with Crippen LogP contribution in [0.1, 0.15) is 31.0 Å². The van der Waals surface area contributed by atoms with E-state index in [1.807, 2.05) is 10.8 Å². The van der Waals surface area contributed by atoms with Crippen LogP contribution >= 0.6 is 0 Å². The number of alkyl halides is 3. The van der Waals surface area contributed by atoms with E-state index in [-0.39, 0.29) is 0 Å². The van der Waals surface area contributed by atoms with Crippen LogP contribution in [-0.2, 0) is 21.0 Å². The summed E-state index contributed by atoms with van der Waals surface area (Å²) in [6.07, 6.45) is -4.83. The average molecular weight is 400 g/mol. The number of carbonyl (C=O) groups is 1. The third-order valence-corrected chi connectivity index (χ3v) is 5.46. The van der Waals surface area contributed by atoms with Gasteiger partial charge in [-0.15, -0.1) is 0 Å². The molecular formula is C18H19F3N2O3S. The Labute approximate surface area is 155 Å². The van der Waals surface area contributed by atoms with Crippen molar-refractivity contribution in [2.45, 2.75) is 37.0 Å². The van der Waals surface area contributed by atoms with Crippen molar-refractivity contribution in [3.8, 4) is 0 Å². The van der Waals surface area contributed by atoms with E-state index in [1.165, 1.54) is 13.0 Å². The van der Waals surface area contributed by atoms with Gasteiger partial charge >= 0.3 is 6.18 Å². The zero-order valence-corrected chi connectivity index (χ0v) is 15.4.